The van der Waals surface area contributed by atoms with Gasteiger partial charge in [0.1, 0.15) is 6.04 Å². The summed E-state index contributed by atoms with van der Waals surface area (Å²) >= 11 is 1.48. The Morgan fingerprint density at radius 3 is 2.69 bits per heavy atom. The standard InChI is InChI=1S/C10H18N2O3S/c1-4-11-10(2,3)9(15)12-6-16-5-7(12)8(13)14/h7,11H,4-6H2,1-3H3,(H,13,14). The van der Waals surface area contributed by atoms with Gasteiger partial charge < -0.3 is 15.3 Å². The lowest BCUT2D eigenvalue weighted by Crippen LogP contribution is -2.56. The van der Waals surface area contributed by atoms with Gasteiger partial charge in [-0.2, -0.15) is 0 Å². The fourth-order valence-corrected chi connectivity index (χ4v) is 2.87. The third-order valence-corrected chi connectivity index (χ3v) is 3.59. The molecule has 2 N–H and O–H groups in total. The summed E-state index contributed by atoms with van der Waals surface area (Å²) in [5, 5.41) is 12.1. The van der Waals surface area contributed by atoms with Crippen LogP contribution in [0.25, 0.3) is 0 Å². The van der Waals surface area contributed by atoms with Crippen molar-refractivity contribution in [2.24, 2.45) is 0 Å². The van der Waals surface area contributed by atoms with Crippen molar-refractivity contribution in [1.29, 1.82) is 0 Å². The van der Waals surface area contributed by atoms with E-state index in [4.69, 9.17) is 5.11 Å². The highest BCUT2D eigenvalue weighted by atomic mass is 32.2. The zero-order chi connectivity index (χ0) is 12.3. The smallest absolute Gasteiger partial charge is 0.327 e. The summed E-state index contributed by atoms with van der Waals surface area (Å²) < 4.78 is 0. The van der Waals surface area contributed by atoms with Crippen LogP contribution >= 0.6 is 11.8 Å². The van der Waals surface area contributed by atoms with Crippen LogP contribution in [0.1, 0.15) is 20.8 Å². The van der Waals surface area contributed by atoms with Gasteiger partial charge in [-0.1, -0.05) is 6.92 Å². The first kappa shape index (κ1) is 13.3. The van der Waals surface area contributed by atoms with Gasteiger partial charge in [-0.05, 0) is 20.4 Å². The molecule has 1 unspecified atom stereocenters. The lowest BCUT2D eigenvalue weighted by atomic mass is 10.0. The van der Waals surface area contributed by atoms with Gasteiger partial charge in [-0.3, -0.25) is 4.79 Å². The number of hydrogen-bond donors (Lipinski definition) is 2. The lowest BCUT2D eigenvalue weighted by molar-refractivity contribution is -0.150. The van der Waals surface area contributed by atoms with E-state index in [2.05, 4.69) is 5.32 Å². The highest BCUT2D eigenvalue weighted by Crippen LogP contribution is 2.24. The number of thioether (sulfide) groups is 1. The molecule has 1 rings (SSSR count). The molecule has 6 heteroatoms. The first-order valence-electron chi connectivity index (χ1n) is 5.26. The molecule has 0 radical (unpaired) electrons. The molecule has 16 heavy (non-hydrogen) atoms. The summed E-state index contributed by atoms with van der Waals surface area (Å²) in [5.41, 5.74) is -0.701. The van der Waals surface area contributed by atoms with Crippen LogP contribution in [0.4, 0.5) is 0 Å². The summed E-state index contributed by atoms with van der Waals surface area (Å²) in [7, 11) is 0. The number of nitrogens with one attached hydrogen (secondary N) is 1. The molecule has 1 aliphatic rings. The molecule has 1 saturated heterocycles. The van der Waals surface area contributed by atoms with Crippen LogP contribution in [0.3, 0.4) is 0 Å². The predicted octanol–water partition coefficient (Wildman–Crippen LogP) is 0.361. The van der Waals surface area contributed by atoms with E-state index >= 15 is 0 Å². The topological polar surface area (TPSA) is 69.6 Å². The Morgan fingerprint density at radius 1 is 1.56 bits per heavy atom. The number of carboxylic acid groups (broad SMARTS) is 1. The van der Waals surface area contributed by atoms with Crippen molar-refractivity contribution in [3.05, 3.63) is 0 Å². The van der Waals surface area contributed by atoms with Crippen molar-refractivity contribution >= 4 is 23.6 Å². The molecule has 0 aromatic rings. The Kier molecular flexibility index (Phi) is 4.21. The number of hydrogen-bond acceptors (Lipinski definition) is 4. The third kappa shape index (κ3) is 2.68. The van der Waals surface area contributed by atoms with Gasteiger partial charge in [0.2, 0.25) is 5.91 Å². The normalized spacial score (nSPS) is 21.2. The number of nitrogens with zero attached hydrogens (tertiary/aromatic N) is 1. The molecule has 1 heterocycles. The van der Waals surface area contributed by atoms with Crippen molar-refractivity contribution in [3.8, 4) is 0 Å². The average Bonchev–Trinajstić information content (AvgIpc) is 2.64. The Labute approximate surface area is 99.6 Å². The second-order valence-electron chi connectivity index (χ2n) is 4.28. The molecule has 0 bridgehead atoms. The lowest BCUT2D eigenvalue weighted by Gasteiger charge is -2.31. The quantitative estimate of drug-likeness (QED) is 0.749. The van der Waals surface area contributed by atoms with Crippen molar-refractivity contribution in [2.45, 2.75) is 32.4 Å². The third-order valence-electron chi connectivity index (χ3n) is 2.58. The SMILES string of the molecule is CCNC(C)(C)C(=O)N1CSCC1C(=O)O. The molecule has 92 valence electrons. The fraction of sp³-hybridized carbons (Fsp3) is 0.800. The van der Waals surface area contributed by atoms with Crippen LogP contribution in [-0.2, 0) is 9.59 Å². The second kappa shape index (κ2) is 5.05. The predicted molar refractivity (Wildman–Crippen MR) is 63.4 cm³/mol. The van der Waals surface area contributed by atoms with Crippen LogP contribution in [0.15, 0.2) is 0 Å². The maximum Gasteiger partial charge on any atom is 0.327 e. The zero-order valence-electron chi connectivity index (χ0n) is 9.82. The minimum atomic E-state index is -0.925. The fourth-order valence-electron chi connectivity index (χ4n) is 1.72. The molecule has 1 amide bonds. The van der Waals surface area contributed by atoms with Crippen molar-refractivity contribution in [2.75, 3.05) is 18.2 Å². The van der Waals surface area contributed by atoms with Crippen LogP contribution in [-0.4, -0.2) is 51.6 Å². The molecular formula is C10H18N2O3S. The summed E-state index contributed by atoms with van der Waals surface area (Å²) in [5.74, 6) is -0.133. The number of amides is 1. The summed E-state index contributed by atoms with van der Waals surface area (Å²) in [6.45, 7) is 6.15. The van der Waals surface area contributed by atoms with Gasteiger partial charge in [0.25, 0.3) is 0 Å². The number of likely N-dealkylation sites (N-methyl/N-ethyl adjacent to an activating group) is 1. The average molecular weight is 246 g/mol. The Morgan fingerprint density at radius 2 is 2.19 bits per heavy atom. The maximum atomic E-state index is 12.2. The van der Waals surface area contributed by atoms with Crippen molar-refractivity contribution in [3.63, 3.8) is 0 Å². The molecule has 0 aromatic heterocycles. The largest absolute Gasteiger partial charge is 0.480 e. The van der Waals surface area contributed by atoms with Gasteiger partial charge in [0, 0.05) is 5.75 Å². The molecule has 0 aromatic carbocycles. The first-order chi connectivity index (χ1) is 7.40. The van der Waals surface area contributed by atoms with Crippen LogP contribution < -0.4 is 5.32 Å². The van der Waals surface area contributed by atoms with Crippen LogP contribution in [0.5, 0.6) is 0 Å². The Balaban J connectivity index is 2.76. The van der Waals surface area contributed by atoms with E-state index in [9.17, 15) is 9.59 Å². The molecule has 0 aliphatic carbocycles. The second-order valence-corrected chi connectivity index (χ2v) is 5.28. The summed E-state index contributed by atoms with van der Waals surface area (Å²) in [6.07, 6.45) is 0. The number of carbonyl (C=O) groups excluding carboxylic acids is 1. The Hall–Kier alpha value is -0.750. The number of rotatable bonds is 4. The number of carboxylic acids is 1. The van der Waals surface area contributed by atoms with Gasteiger partial charge in [0.15, 0.2) is 0 Å². The van der Waals surface area contributed by atoms with E-state index in [-0.39, 0.29) is 5.91 Å². The Bertz CT molecular complexity index is 294. The minimum absolute atomic E-state index is 0.147. The van der Waals surface area contributed by atoms with Gasteiger partial charge in [-0.15, -0.1) is 11.8 Å². The molecule has 1 aliphatic heterocycles. The van der Waals surface area contributed by atoms with Gasteiger partial charge in [-0.25, -0.2) is 4.79 Å². The van der Waals surface area contributed by atoms with E-state index < -0.39 is 17.6 Å². The van der Waals surface area contributed by atoms with Crippen LogP contribution in [0.2, 0.25) is 0 Å². The minimum Gasteiger partial charge on any atom is -0.480 e. The molecule has 0 spiro atoms. The highest BCUT2D eigenvalue weighted by Gasteiger charge is 2.40. The van der Waals surface area contributed by atoms with Crippen molar-refractivity contribution < 1.29 is 14.7 Å². The summed E-state index contributed by atoms with van der Waals surface area (Å²) in [6, 6.07) is -0.685. The van der Waals surface area contributed by atoms with E-state index in [1.165, 1.54) is 16.7 Å². The zero-order valence-corrected chi connectivity index (χ0v) is 10.6. The van der Waals surface area contributed by atoms with Crippen molar-refractivity contribution in [1.82, 2.24) is 10.2 Å². The van der Waals surface area contributed by atoms with Gasteiger partial charge >= 0.3 is 5.97 Å². The number of carbonyl (C=O) groups is 2. The highest BCUT2D eigenvalue weighted by molar-refractivity contribution is 7.99. The molecule has 1 atom stereocenters. The van der Waals surface area contributed by atoms with E-state index in [1.54, 1.807) is 13.8 Å². The number of aliphatic carboxylic acids is 1. The molecular weight excluding hydrogens is 228 g/mol. The molecule has 1 fully saturated rings. The van der Waals surface area contributed by atoms with E-state index in [0.717, 1.165) is 0 Å². The summed E-state index contributed by atoms with van der Waals surface area (Å²) in [4.78, 5) is 24.6. The van der Waals surface area contributed by atoms with Gasteiger partial charge in [0.05, 0.1) is 11.4 Å². The first-order valence-corrected chi connectivity index (χ1v) is 6.42. The molecule has 5 nitrogen and oxygen atoms in total. The van der Waals surface area contributed by atoms with Crippen LogP contribution in [0, 0.1) is 0 Å². The molecule has 0 saturated carbocycles. The van der Waals surface area contributed by atoms with E-state index in [1.807, 2.05) is 6.92 Å². The maximum absolute atomic E-state index is 12.2. The van der Waals surface area contributed by atoms with E-state index in [0.29, 0.717) is 18.2 Å². The monoisotopic (exact) mass is 246 g/mol.